The number of rotatable bonds is 8. The van der Waals surface area contributed by atoms with Gasteiger partial charge < -0.3 is 4.90 Å². The average molecular weight is 264 g/mol. The summed E-state index contributed by atoms with van der Waals surface area (Å²) in [7, 11) is 2.06. The van der Waals surface area contributed by atoms with Crippen LogP contribution in [0.25, 0.3) is 0 Å². The quantitative estimate of drug-likeness (QED) is 0.535. The molecular formula is C15H28N4+2. The molecule has 0 aromatic carbocycles. The number of nitrogens with zero attached hydrogens (tertiary/aromatic N) is 3. The first kappa shape index (κ1) is 14.1. The van der Waals surface area contributed by atoms with Crippen LogP contribution in [0.5, 0.6) is 0 Å². The van der Waals surface area contributed by atoms with Crippen LogP contribution >= 0.6 is 0 Å². The van der Waals surface area contributed by atoms with Crippen molar-refractivity contribution in [2.75, 3.05) is 19.8 Å². The number of hydrogen-bond donors (Lipinski definition) is 1. The third-order valence-electron chi connectivity index (χ3n) is 3.75. The summed E-state index contributed by atoms with van der Waals surface area (Å²) in [6.07, 6.45) is 16.4. The Morgan fingerprint density at radius 2 is 2.11 bits per heavy atom. The van der Waals surface area contributed by atoms with Gasteiger partial charge in [0.25, 0.3) is 0 Å². The minimum Gasteiger partial charge on any atom is -0.322 e. The summed E-state index contributed by atoms with van der Waals surface area (Å²) >= 11 is 0. The molecule has 19 heavy (non-hydrogen) atoms. The van der Waals surface area contributed by atoms with Crippen LogP contribution < -0.4 is 9.47 Å². The minimum atomic E-state index is 1.06. The molecule has 1 N–H and O–H groups in total. The van der Waals surface area contributed by atoms with Crippen LogP contribution in [0.1, 0.15) is 32.6 Å². The Bertz CT molecular complexity index is 397. The first-order chi connectivity index (χ1) is 9.28. The molecule has 2 rings (SSSR count). The van der Waals surface area contributed by atoms with Crippen molar-refractivity contribution in [3.05, 3.63) is 31.1 Å². The molecule has 0 aliphatic carbocycles. The van der Waals surface area contributed by atoms with E-state index < -0.39 is 0 Å². The Hall–Kier alpha value is -1.29. The van der Waals surface area contributed by atoms with E-state index in [1.54, 1.807) is 4.90 Å². The van der Waals surface area contributed by atoms with E-state index in [9.17, 15) is 0 Å². The minimum absolute atomic E-state index is 1.06. The van der Waals surface area contributed by atoms with Crippen molar-refractivity contribution in [3.63, 3.8) is 0 Å². The molecule has 0 radical (unpaired) electrons. The Morgan fingerprint density at radius 3 is 2.84 bits per heavy atom. The smallest absolute Gasteiger partial charge is 0.243 e. The lowest BCUT2D eigenvalue weighted by atomic mass is 10.2. The van der Waals surface area contributed by atoms with Crippen LogP contribution in [-0.4, -0.2) is 29.2 Å². The molecule has 1 atom stereocenters. The summed E-state index contributed by atoms with van der Waals surface area (Å²) in [6.45, 7) is 6.86. The van der Waals surface area contributed by atoms with Gasteiger partial charge in [0.2, 0.25) is 6.33 Å². The molecule has 106 valence electrons. The lowest BCUT2D eigenvalue weighted by Gasteiger charge is -2.16. The lowest BCUT2D eigenvalue weighted by molar-refractivity contribution is -0.849. The molecule has 0 bridgehead atoms. The number of imidazole rings is 1. The molecule has 2 heterocycles. The zero-order valence-electron chi connectivity index (χ0n) is 12.4. The van der Waals surface area contributed by atoms with Gasteiger partial charge in [0.1, 0.15) is 25.1 Å². The molecule has 1 aromatic rings. The second kappa shape index (κ2) is 7.34. The van der Waals surface area contributed by atoms with E-state index in [0.717, 1.165) is 19.8 Å². The number of aromatic nitrogens is 2. The number of nitrogens with one attached hydrogen (secondary N) is 1. The van der Waals surface area contributed by atoms with Gasteiger partial charge in [-0.2, -0.15) is 0 Å². The molecular weight excluding hydrogens is 236 g/mol. The second-order valence-electron chi connectivity index (χ2n) is 5.57. The number of hydrogen-bond acceptors (Lipinski definition) is 1. The molecule has 0 saturated carbocycles. The zero-order chi connectivity index (χ0) is 13.5. The van der Waals surface area contributed by atoms with Gasteiger partial charge in [-0.25, -0.2) is 9.13 Å². The Kier molecular flexibility index (Phi) is 5.45. The third kappa shape index (κ3) is 4.71. The summed E-state index contributed by atoms with van der Waals surface area (Å²) in [6, 6.07) is 0. The molecule has 1 aliphatic rings. The summed E-state index contributed by atoms with van der Waals surface area (Å²) < 4.78 is 4.33. The highest BCUT2D eigenvalue weighted by Gasteiger charge is 2.16. The molecule has 1 aromatic heterocycles. The molecule has 4 nitrogen and oxygen atoms in total. The summed E-state index contributed by atoms with van der Waals surface area (Å²) in [4.78, 5) is 4.03. The fourth-order valence-electron chi connectivity index (χ4n) is 2.55. The van der Waals surface area contributed by atoms with Gasteiger partial charge in [0, 0.05) is 0 Å². The van der Waals surface area contributed by atoms with Crippen molar-refractivity contribution in [1.82, 2.24) is 9.47 Å². The summed E-state index contributed by atoms with van der Waals surface area (Å²) in [5, 5.41) is 0. The molecule has 0 spiro atoms. The topological polar surface area (TPSA) is 16.5 Å². The predicted octanol–water partition coefficient (Wildman–Crippen LogP) is 0.522. The second-order valence-corrected chi connectivity index (χ2v) is 5.57. The standard InChI is InChI=1S/C15H27N4/c1-3-4-5-6-7-17-10-12-19(15-17)13-11-18-9-8-16(2)14-18/h8-10,12,14H,3-7,11,13,15H2,1-2H3/q+1/p+1. The van der Waals surface area contributed by atoms with Gasteiger partial charge in [0.05, 0.1) is 26.3 Å². The fraction of sp³-hybridized carbons (Fsp3) is 0.667. The van der Waals surface area contributed by atoms with Crippen molar-refractivity contribution in [2.45, 2.75) is 39.2 Å². The maximum Gasteiger partial charge on any atom is 0.243 e. The molecule has 0 fully saturated rings. The maximum atomic E-state index is 2.43. The van der Waals surface area contributed by atoms with Crippen molar-refractivity contribution in [1.29, 1.82) is 0 Å². The molecule has 1 unspecified atom stereocenters. The molecule has 4 heteroatoms. The van der Waals surface area contributed by atoms with E-state index in [4.69, 9.17) is 0 Å². The van der Waals surface area contributed by atoms with Gasteiger partial charge in [-0.15, -0.1) is 0 Å². The highest BCUT2D eigenvalue weighted by Crippen LogP contribution is 1.98. The maximum absolute atomic E-state index is 2.43. The zero-order valence-corrected chi connectivity index (χ0v) is 12.4. The van der Waals surface area contributed by atoms with Crippen molar-refractivity contribution < 1.29 is 9.47 Å². The fourth-order valence-corrected chi connectivity index (χ4v) is 2.55. The Balaban J connectivity index is 1.61. The molecule has 0 saturated heterocycles. The van der Waals surface area contributed by atoms with Crippen LogP contribution in [0.4, 0.5) is 0 Å². The van der Waals surface area contributed by atoms with Crippen molar-refractivity contribution >= 4 is 0 Å². The largest absolute Gasteiger partial charge is 0.322 e. The van der Waals surface area contributed by atoms with Crippen LogP contribution in [0.3, 0.4) is 0 Å². The molecule has 0 amide bonds. The average Bonchev–Trinajstić information content (AvgIpc) is 3.01. The van der Waals surface area contributed by atoms with Gasteiger partial charge >= 0.3 is 0 Å². The Morgan fingerprint density at radius 1 is 1.21 bits per heavy atom. The predicted molar refractivity (Wildman–Crippen MR) is 76.3 cm³/mol. The van der Waals surface area contributed by atoms with Crippen molar-refractivity contribution in [3.8, 4) is 0 Å². The van der Waals surface area contributed by atoms with E-state index in [2.05, 4.69) is 59.1 Å². The highest BCUT2D eigenvalue weighted by atomic mass is 15.3. The first-order valence-corrected chi connectivity index (χ1v) is 7.56. The Labute approximate surface area is 116 Å². The number of aryl methyl sites for hydroxylation is 1. The monoisotopic (exact) mass is 264 g/mol. The first-order valence-electron chi connectivity index (χ1n) is 7.56. The van der Waals surface area contributed by atoms with E-state index in [1.807, 2.05) is 0 Å². The lowest BCUT2D eigenvalue weighted by Crippen LogP contribution is -3.07. The third-order valence-corrected chi connectivity index (χ3v) is 3.75. The van der Waals surface area contributed by atoms with Crippen LogP contribution in [0, 0.1) is 0 Å². The van der Waals surface area contributed by atoms with E-state index in [-0.39, 0.29) is 0 Å². The van der Waals surface area contributed by atoms with E-state index in [1.165, 1.54) is 32.2 Å². The summed E-state index contributed by atoms with van der Waals surface area (Å²) in [5.41, 5.74) is 0. The highest BCUT2D eigenvalue weighted by molar-refractivity contribution is 4.78. The van der Waals surface area contributed by atoms with Gasteiger partial charge in [-0.1, -0.05) is 19.8 Å². The van der Waals surface area contributed by atoms with Crippen LogP contribution in [-0.2, 0) is 13.6 Å². The van der Waals surface area contributed by atoms with Crippen LogP contribution in [0.15, 0.2) is 31.1 Å². The molecule has 1 aliphatic heterocycles. The van der Waals surface area contributed by atoms with Crippen LogP contribution in [0.2, 0.25) is 0 Å². The van der Waals surface area contributed by atoms with Gasteiger partial charge in [-0.3, -0.25) is 4.90 Å². The number of quaternary nitrogens is 1. The SMILES string of the molecule is CCCCCC[NH+]1C=CN(CCn2cc[n+](C)c2)C1. The normalized spacial score (nSPS) is 18.4. The van der Waals surface area contributed by atoms with Gasteiger partial charge in [-0.05, 0) is 12.8 Å². The number of unbranched alkanes of at least 4 members (excludes halogenated alkanes) is 3. The van der Waals surface area contributed by atoms with E-state index in [0.29, 0.717) is 0 Å². The van der Waals surface area contributed by atoms with E-state index >= 15 is 0 Å². The van der Waals surface area contributed by atoms with Gasteiger partial charge in [0.15, 0.2) is 6.67 Å². The van der Waals surface area contributed by atoms with Crippen molar-refractivity contribution in [2.24, 2.45) is 7.05 Å². The summed E-state index contributed by atoms with van der Waals surface area (Å²) in [5.74, 6) is 0.